The van der Waals surface area contributed by atoms with Crippen molar-refractivity contribution >= 4 is 10.8 Å². The van der Waals surface area contributed by atoms with Crippen LogP contribution in [-0.4, -0.2) is 5.11 Å². The molecule has 4 heteroatoms. The Hall–Kier alpha value is -2.49. The van der Waals surface area contributed by atoms with Crippen molar-refractivity contribution in [2.75, 3.05) is 0 Å². The third-order valence-corrected chi connectivity index (χ3v) is 2.51. The van der Waals surface area contributed by atoms with E-state index >= 15 is 0 Å². The zero-order chi connectivity index (χ0) is 11.8. The molecular formula is C13H8O4. The predicted molar refractivity (Wildman–Crippen MR) is 61.9 cm³/mol. The first-order chi connectivity index (χ1) is 8.24. The zero-order valence-electron chi connectivity index (χ0n) is 8.71. The maximum atomic E-state index is 11.7. The predicted octanol–water partition coefficient (Wildman–Crippen LogP) is 2.76. The van der Waals surface area contributed by atoms with Gasteiger partial charge in [0.25, 0.3) is 0 Å². The van der Waals surface area contributed by atoms with Crippen LogP contribution in [0.4, 0.5) is 0 Å². The average Bonchev–Trinajstić information content (AvgIpc) is 2.83. The maximum Gasteiger partial charge on any atom is 0.344 e. The largest absolute Gasteiger partial charge is 0.508 e. The van der Waals surface area contributed by atoms with Gasteiger partial charge < -0.3 is 13.9 Å². The highest BCUT2D eigenvalue weighted by atomic mass is 16.4. The monoisotopic (exact) mass is 228 g/mol. The van der Waals surface area contributed by atoms with Crippen LogP contribution in [0.2, 0.25) is 0 Å². The van der Waals surface area contributed by atoms with Crippen LogP contribution >= 0.6 is 0 Å². The van der Waals surface area contributed by atoms with Crippen LogP contribution in [0.5, 0.6) is 5.75 Å². The van der Waals surface area contributed by atoms with Gasteiger partial charge in [-0.2, -0.15) is 0 Å². The number of furan rings is 1. The van der Waals surface area contributed by atoms with Gasteiger partial charge in [0.05, 0.1) is 11.6 Å². The molecule has 17 heavy (non-hydrogen) atoms. The summed E-state index contributed by atoms with van der Waals surface area (Å²) in [6.07, 6.45) is 1.51. The van der Waals surface area contributed by atoms with Gasteiger partial charge in [0, 0.05) is 0 Å². The summed E-state index contributed by atoms with van der Waals surface area (Å²) < 4.78 is 10.3. The molecule has 0 spiro atoms. The van der Waals surface area contributed by atoms with E-state index in [2.05, 4.69) is 0 Å². The molecule has 3 aromatic rings. The molecule has 0 aliphatic rings. The van der Waals surface area contributed by atoms with Gasteiger partial charge >= 0.3 is 5.63 Å². The Bertz CT molecular complexity index is 723. The highest BCUT2D eigenvalue weighted by Crippen LogP contribution is 2.24. The first kappa shape index (κ1) is 9.72. The number of fused-ring (bicyclic) bond motifs is 1. The molecule has 2 aromatic heterocycles. The molecule has 3 rings (SSSR count). The van der Waals surface area contributed by atoms with Crippen molar-refractivity contribution in [3.63, 3.8) is 0 Å². The van der Waals surface area contributed by atoms with E-state index in [0.29, 0.717) is 22.3 Å². The first-order valence-electron chi connectivity index (χ1n) is 5.05. The van der Waals surface area contributed by atoms with Crippen LogP contribution in [0.3, 0.4) is 0 Å². The Morgan fingerprint density at radius 3 is 2.71 bits per heavy atom. The van der Waals surface area contributed by atoms with Crippen molar-refractivity contribution in [3.05, 3.63) is 53.1 Å². The second-order valence-corrected chi connectivity index (χ2v) is 3.65. The van der Waals surface area contributed by atoms with E-state index in [-0.39, 0.29) is 5.75 Å². The second kappa shape index (κ2) is 3.52. The van der Waals surface area contributed by atoms with Gasteiger partial charge in [-0.1, -0.05) is 6.07 Å². The minimum atomic E-state index is -0.496. The van der Waals surface area contributed by atoms with Gasteiger partial charge in [-0.3, -0.25) is 0 Å². The molecule has 0 radical (unpaired) electrons. The third kappa shape index (κ3) is 1.59. The molecule has 84 valence electrons. The van der Waals surface area contributed by atoms with E-state index in [0.717, 1.165) is 0 Å². The van der Waals surface area contributed by atoms with E-state index in [1.165, 1.54) is 18.4 Å². The molecule has 4 nitrogen and oxygen atoms in total. The summed E-state index contributed by atoms with van der Waals surface area (Å²) >= 11 is 0. The van der Waals surface area contributed by atoms with Crippen molar-refractivity contribution in [3.8, 4) is 17.3 Å². The van der Waals surface area contributed by atoms with Gasteiger partial charge in [-0.15, -0.1) is 0 Å². The first-order valence-corrected chi connectivity index (χ1v) is 5.05. The number of hydrogen-bond acceptors (Lipinski definition) is 4. The fraction of sp³-hybridized carbons (Fsp3) is 0. The van der Waals surface area contributed by atoms with Crippen molar-refractivity contribution < 1.29 is 13.9 Å². The van der Waals surface area contributed by atoms with Crippen LogP contribution in [0.25, 0.3) is 22.3 Å². The Morgan fingerprint density at radius 1 is 1.06 bits per heavy atom. The zero-order valence-corrected chi connectivity index (χ0v) is 8.71. The van der Waals surface area contributed by atoms with Gasteiger partial charge in [0.2, 0.25) is 0 Å². The molecule has 1 aromatic carbocycles. The lowest BCUT2D eigenvalue weighted by molar-refractivity contribution is 0.474. The number of phenolic OH excluding ortho intramolecular Hbond substituents is 1. The summed E-state index contributed by atoms with van der Waals surface area (Å²) in [5.41, 5.74) is -0.496. The van der Waals surface area contributed by atoms with Crippen molar-refractivity contribution in [1.82, 2.24) is 0 Å². The van der Waals surface area contributed by atoms with Gasteiger partial charge in [0.1, 0.15) is 5.75 Å². The summed E-state index contributed by atoms with van der Waals surface area (Å²) in [6, 6.07) is 9.70. The summed E-state index contributed by atoms with van der Waals surface area (Å²) in [7, 11) is 0. The number of benzene rings is 1. The minimum absolute atomic E-state index is 0.0375. The lowest BCUT2D eigenvalue weighted by Crippen LogP contribution is -1.99. The molecule has 0 amide bonds. The molecule has 0 aliphatic heterocycles. The molecule has 0 atom stereocenters. The van der Waals surface area contributed by atoms with Crippen LogP contribution < -0.4 is 5.63 Å². The van der Waals surface area contributed by atoms with Crippen molar-refractivity contribution in [1.29, 1.82) is 0 Å². The summed E-state index contributed by atoms with van der Waals surface area (Å²) in [5, 5.41) is 10.4. The molecule has 0 unspecified atom stereocenters. The smallest absolute Gasteiger partial charge is 0.344 e. The fourth-order valence-corrected chi connectivity index (χ4v) is 1.71. The van der Waals surface area contributed by atoms with Crippen LogP contribution in [0, 0.1) is 0 Å². The van der Waals surface area contributed by atoms with Crippen molar-refractivity contribution in [2.45, 2.75) is 0 Å². The van der Waals surface area contributed by atoms with E-state index < -0.39 is 5.63 Å². The van der Waals surface area contributed by atoms with Gasteiger partial charge in [0.15, 0.2) is 11.5 Å². The lowest BCUT2D eigenvalue weighted by atomic mass is 10.1. The number of phenols is 1. The van der Waals surface area contributed by atoms with Crippen molar-refractivity contribution in [2.24, 2.45) is 0 Å². The Morgan fingerprint density at radius 2 is 1.94 bits per heavy atom. The van der Waals surface area contributed by atoms with E-state index in [9.17, 15) is 9.90 Å². The number of aromatic hydroxyl groups is 1. The van der Waals surface area contributed by atoms with Crippen LogP contribution in [0.15, 0.2) is 56.3 Å². The van der Waals surface area contributed by atoms with Crippen LogP contribution in [0.1, 0.15) is 0 Å². The summed E-state index contributed by atoms with van der Waals surface area (Å²) in [6.45, 7) is 0. The van der Waals surface area contributed by atoms with E-state index in [1.54, 1.807) is 24.3 Å². The summed E-state index contributed by atoms with van der Waals surface area (Å²) in [4.78, 5) is 11.7. The molecule has 0 fully saturated rings. The third-order valence-electron chi connectivity index (χ3n) is 2.51. The highest BCUT2D eigenvalue weighted by Gasteiger charge is 2.08. The Kier molecular flexibility index (Phi) is 2.01. The molecule has 1 N–H and O–H groups in total. The number of hydrogen-bond donors (Lipinski definition) is 1. The lowest BCUT2D eigenvalue weighted by Gasteiger charge is -2.00. The second-order valence-electron chi connectivity index (χ2n) is 3.65. The van der Waals surface area contributed by atoms with Gasteiger partial charge in [-0.05, 0) is 35.7 Å². The molecule has 0 bridgehead atoms. The molecular weight excluding hydrogens is 220 g/mol. The highest BCUT2D eigenvalue weighted by molar-refractivity contribution is 5.84. The minimum Gasteiger partial charge on any atom is -0.508 e. The van der Waals surface area contributed by atoms with Gasteiger partial charge in [-0.25, -0.2) is 4.79 Å². The maximum absolute atomic E-state index is 11.7. The molecule has 2 heterocycles. The quantitative estimate of drug-likeness (QED) is 0.695. The normalized spacial score (nSPS) is 10.8. The Balaban J connectivity index is 2.32. The SMILES string of the molecule is O=c1oc(-c2ccco2)cc2ccc(O)cc12. The molecule has 0 saturated carbocycles. The Labute approximate surface area is 95.7 Å². The number of rotatable bonds is 1. The van der Waals surface area contributed by atoms with Crippen LogP contribution in [-0.2, 0) is 0 Å². The molecule has 0 saturated heterocycles. The standard InChI is InChI=1S/C13H8O4/c14-9-4-3-8-6-12(11-2-1-5-16-11)17-13(15)10(8)7-9/h1-7,14H. The molecule has 0 aliphatic carbocycles. The fourth-order valence-electron chi connectivity index (χ4n) is 1.71. The topological polar surface area (TPSA) is 63.6 Å². The van der Waals surface area contributed by atoms with E-state index in [4.69, 9.17) is 8.83 Å². The average molecular weight is 228 g/mol. The summed E-state index contributed by atoms with van der Waals surface area (Å²) in [5.74, 6) is 0.908. The van der Waals surface area contributed by atoms with E-state index in [1.807, 2.05) is 0 Å².